The molecule has 19 heavy (non-hydrogen) atoms. The Labute approximate surface area is 113 Å². The van der Waals surface area contributed by atoms with Crippen LogP contribution in [0.1, 0.15) is 31.1 Å². The summed E-state index contributed by atoms with van der Waals surface area (Å²) in [6.07, 6.45) is 3.17. The van der Waals surface area contributed by atoms with Gasteiger partial charge in [-0.3, -0.25) is 4.79 Å². The van der Waals surface area contributed by atoms with Crippen LogP contribution in [0.3, 0.4) is 0 Å². The molecular weight excluding hydrogens is 240 g/mol. The van der Waals surface area contributed by atoms with E-state index in [1.54, 1.807) is 24.5 Å². The van der Waals surface area contributed by atoms with Crippen LogP contribution < -0.4 is 4.74 Å². The zero-order chi connectivity index (χ0) is 13.9. The molecule has 1 heterocycles. The Kier molecular flexibility index (Phi) is 3.69. The molecule has 100 valence electrons. The summed E-state index contributed by atoms with van der Waals surface area (Å²) in [5.41, 5.74) is 0.680. The van der Waals surface area contributed by atoms with Crippen LogP contribution in [0.15, 0.2) is 42.7 Å². The van der Waals surface area contributed by atoms with E-state index in [4.69, 9.17) is 4.74 Å². The lowest BCUT2D eigenvalue weighted by Crippen LogP contribution is -2.16. The highest BCUT2D eigenvalue weighted by atomic mass is 16.5. The molecule has 1 aromatic heterocycles. The number of carbonyl (C=O) groups is 1. The van der Waals surface area contributed by atoms with Crippen molar-refractivity contribution in [1.82, 2.24) is 9.78 Å². The zero-order valence-corrected chi connectivity index (χ0v) is 11.5. The Bertz CT molecular complexity index is 553. The number of nitrogens with zero attached hydrogens (tertiary/aromatic N) is 2. The molecule has 0 N–H and O–H groups in total. The second-order valence-electron chi connectivity index (χ2n) is 5.64. The van der Waals surface area contributed by atoms with Gasteiger partial charge in [-0.25, -0.2) is 4.68 Å². The Hall–Kier alpha value is -2.10. The molecule has 0 aliphatic carbocycles. The summed E-state index contributed by atoms with van der Waals surface area (Å²) in [6.45, 7) is 6.85. The van der Waals surface area contributed by atoms with Crippen molar-refractivity contribution in [3.8, 4) is 5.75 Å². The summed E-state index contributed by atoms with van der Waals surface area (Å²) in [5, 5.41) is 4.04. The first-order chi connectivity index (χ1) is 8.96. The predicted molar refractivity (Wildman–Crippen MR) is 73.3 cm³/mol. The van der Waals surface area contributed by atoms with E-state index in [-0.39, 0.29) is 11.3 Å². The fraction of sp³-hybridized carbons (Fsp3) is 0.333. The van der Waals surface area contributed by atoms with Gasteiger partial charge in [0, 0.05) is 5.56 Å². The molecule has 0 radical (unpaired) electrons. The van der Waals surface area contributed by atoms with Crippen LogP contribution in [-0.2, 0) is 0 Å². The van der Waals surface area contributed by atoms with Crippen LogP contribution in [0.5, 0.6) is 5.75 Å². The molecule has 1 aromatic carbocycles. The van der Waals surface area contributed by atoms with E-state index < -0.39 is 0 Å². The van der Waals surface area contributed by atoms with Crippen molar-refractivity contribution in [2.24, 2.45) is 5.41 Å². The fourth-order valence-corrected chi connectivity index (χ4v) is 1.50. The minimum Gasteiger partial charge on any atom is -0.490 e. The highest BCUT2D eigenvalue weighted by Crippen LogP contribution is 2.17. The lowest BCUT2D eigenvalue weighted by atomic mass is 9.99. The Balaban J connectivity index is 2.07. The van der Waals surface area contributed by atoms with E-state index in [9.17, 15) is 4.79 Å². The molecule has 0 bridgehead atoms. The lowest BCUT2D eigenvalue weighted by molar-refractivity contribution is 0.0944. The third kappa shape index (κ3) is 3.68. The normalized spacial score (nSPS) is 11.3. The van der Waals surface area contributed by atoms with Crippen LogP contribution in [-0.4, -0.2) is 22.3 Å². The minimum absolute atomic E-state index is 0.0749. The third-order valence-corrected chi connectivity index (χ3v) is 2.46. The van der Waals surface area contributed by atoms with Crippen molar-refractivity contribution in [3.05, 3.63) is 48.3 Å². The van der Waals surface area contributed by atoms with Gasteiger partial charge in [-0.15, -0.1) is 0 Å². The van der Waals surface area contributed by atoms with Crippen LogP contribution in [0.25, 0.3) is 0 Å². The molecule has 0 aliphatic rings. The summed E-state index contributed by atoms with van der Waals surface area (Å²) in [4.78, 5) is 12.1. The monoisotopic (exact) mass is 258 g/mol. The smallest absolute Gasteiger partial charge is 0.278 e. The number of rotatable bonds is 3. The van der Waals surface area contributed by atoms with Gasteiger partial charge in [0.05, 0.1) is 19.0 Å². The van der Waals surface area contributed by atoms with Crippen molar-refractivity contribution < 1.29 is 9.53 Å². The number of hydrogen-bond acceptors (Lipinski definition) is 3. The topological polar surface area (TPSA) is 44.1 Å². The van der Waals surface area contributed by atoms with Crippen LogP contribution >= 0.6 is 0 Å². The van der Waals surface area contributed by atoms with E-state index >= 15 is 0 Å². The first-order valence-corrected chi connectivity index (χ1v) is 6.23. The molecule has 0 atom stereocenters. The van der Waals surface area contributed by atoms with Gasteiger partial charge in [0.2, 0.25) is 0 Å². The average molecular weight is 258 g/mol. The number of aromatic nitrogens is 2. The fourth-order valence-electron chi connectivity index (χ4n) is 1.50. The predicted octanol–water partition coefficient (Wildman–Crippen LogP) is 3.00. The largest absolute Gasteiger partial charge is 0.490 e. The molecule has 0 saturated heterocycles. The van der Waals surface area contributed by atoms with Crippen molar-refractivity contribution in [2.75, 3.05) is 6.61 Å². The van der Waals surface area contributed by atoms with E-state index in [0.717, 1.165) is 0 Å². The summed E-state index contributed by atoms with van der Waals surface area (Å²) in [6, 6.07) is 9.05. The summed E-state index contributed by atoms with van der Waals surface area (Å²) in [7, 11) is 0. The third-order valence-electron chi connectivity index (χ3n) is 2.46. The van der Waals surface area contributed by atoms with Crippen molar-refractivity contribution in [1.29, 1.82) is 0 Å². The molecule has 0 saturated carbocycles. The number of carbonyl (C=O) groups excluding carboxylic acids is 1. The summed E-state index contributed by atoms with van der Waals surface area (Å²) in [5.74, 6) is 0.449. The number of ether oxygens (including phenoxy) is 1. The van der Waals surface area contributed by atoms with Crippen molar-refractivity contribution in [3.63, 3.8) is 0 Å². The average Bonchev–Trinajstić information content (AvgIpc) is 2.84. The van der Waals surface area contributed by atoms with Crippen LogP contribution in [0.4, 0.5) is 0 Å². The Morgan fingerprint density at radius 2 is 1.95 bits per heavy atom. The maximum Gasteiger partial charge on any atom is 0.278 e. The second kappa shape index (κ2) is 5.26. The SMILES string of the molecule is CC(C)(C)COc1cnn(C(=O)c2ccccc2)c1. The van der Waals surface area contributed by atoms with E-state index in [2.05, 4.69) is 25.9 Å². The van der Waals surface area contributed by atoms with Gasteiger partial charge >= 0.3 is 0 Å². The van der Waals surface area contributed by atoms with Gasteiger partial charge in [-0.05, 0) is 17.5 Å². The quantitative estimate of drug-likeness (QED) is 0.850. The molecule has 0 unspecified atom stereocenters. The first kappa shape index (κ1) is 13.3. The van der Waals surface area contributed by atoms with Gasteiger partial charge < -0.3 is 4.74 Å². The van der Waals surface area contributed by atoms with Gasteiger partial charge in [0.25, 0.3) is 5.91 Å². The van der Waals surface area contributed by atoms with Crippen molar-refractivity contribution in [2.45, 2.75) is 20.8 Å². The molecule has 2 rings (SSSR count). The Morgan fingerprint density at radius 3 is 2.58 bits per heavy atom. The second-order valence-corrected chi connectivity index (χ2v) is 5.64. The molecule has 0 aliphatic heterocycles. The maximum atomic E-state index is 12.1. The molecule has 4 nitrogen and oxygen atoms in total. The standard InChI is InChI=1S/C15H18N2O2/c1-15(2,3)11-19-13-9-16-17(10-13)14(18)12-7-5-4-6-8-12/h4-10H,11H2,1-3H3. The van der Waals surface area contributed by atoms with E-state index in [0.29, 0.717) is 17.9 Å². The van der Waals surface area contributed by atoms with Gasteiger partial charge in [-0.1, -0.05) is 39.0 Å². The molecular formula is C15H18N2O2. The number of benzene rings is 1. The zero-order valence-electron chi connectivity index (χ0n) is 11.5. The highest BCUT2D eigenvalue weighted by molar-refractivity contribution is 5.95. The Morgan fingerprint density at radius 1 is 1.26 bits per heavy atom. The first-order valence-electron chi connectivity index (χ1n) is 6.23. The summed E-state index contributed by atoms with van der Waals surface area (Å²) < 4.78 is 6.90. The van der Waals surface area contributed by atoms with Crippen LogP contribution in [0, 0.1) is 5.41 Å². The van der Waals surface area contributed by atoms with Gasteiger partial charge in [0.15, 0.2) is 5.75 Å². The van der Waals surface area contributed by atoms with Crippen LogP contribution in [0.2, 0.25) is 0 Å². The highest BCUT2D eigenvalue weighted by Gasteiger charge is 2.13. The molecule has 4 heteroatoms. The van der Waals surface area contributed by atoms with Gasteiger partial charge in [0.1, 0.15) is 0 Å². The summed E-state index contributed by atoms with van der Waals surface area (Å²) >= 11 is 0. The van der Waals surface area contributed by atoms with Crippen molar-refractivity contribution >= 4 is 5.91 Å². The van der Waals surface area contributed by atoms with E-state index in [1.807, 2.05) is 18.2 Å². The molecule has 0 fully saturated rings. The number of hydrogen-bond donors (Lipinski definition) is 0. The maximum absolute atomic E-state index is 12.1. The molecule has 2 aromatic rings. The lowest BCUT2D eigenvalue weighted by Gasteiger charge is -2.17. The minimum atomic E-state index is -0.161. The molecule has 0 spiro atoms. The molecule has 0 amide bonds. The van der Waals surface area contributed by atoms with E-state index in [1.165, 1.54) is 4.68 Å². The van der Waals surface area contributed by atoms with Gasteiger partial charge in [-0.2, -0.15) is 5.10 Å².